The van der Waals surface area contributed by atoms with Crippen molar-refractivity contribution in [1.82, 2.24) is 14.6 Å². The first kappa shape index (κ1) is 14.4. The first-order valence-electron chi connectivity index (χ1n) is 6.06. The van der Waals surface area contributed by atoms with E-state index in [1.54, 1.807) is 18.3 Å². The third-order valence-electron chi connectivity index (χ3n) is 3.17. The smallest absolute Gasteiger partial charge is 0.279 e. The van der Waals surface area contributed by atoms with Gasteiger partial charge in [-0.1, -0.05) is 0 Å². The highest BCUT2D eigenvalue weighted by molar-refractivity contribution is 9.10. The molecule has 0 radical (unpaired) electrons. The second-order valence-electron chi connectivity index (χ2n) is 4.84. The van der Waals surface area contributed by atoms with Crippen LogP contribution in [0.3, 0.4) is 0 Å². The third-order valence-corrected chi connectivity index (χ3v) is 4.50. The van der Waals surface area contributed by atoms with Gasteiger partial charge in [-0.3, -0.25) is 9.69 Å². The van der Waals surface area contributed by atoms with Gasteiger partial charge in [-0.25, -0.2) is 4.52 Å². The third kappa shape index (κ3) is 3.05. The van der Waals surface area contributed by atoms with E-state index < -0.39 is 21.9 Å². The summed E-state index contributed by atoms with van der Waals surface area (Å²) in [5.74, 6) is -1.35. The summed E-state index contributed by atoms with van der Waals surface area (Å²) >= 11 is 3.30. The molecule has 21 heavy (non-hydrogen) atoms. The van der Waals surface area contributed by atoms with Gasteiger partial charge in [0.25, 0.3) is 5.95 Å². The Labute approximate surface area is 128 Å². The van der Waals surface area contributed by atoms with E-state index in [1.165, 1.54) is 9.42 Å². The second kappa shape index (κ2) is 5.02. The fraction of sp³-hybridized carbons (Fsp3) is 0.364. The number of halogens is 2. The van der Waals surface area contributed by atoms with Crippen LogP contribution in [0.15, 0.2) is 22.8 Å². The van der Waals surface area contributed by atoms with E-state index in [-0.39, 0.29) is 24.8 Å². The molecule has 1 atom stereocenters. The maximum Gasteiger partial charge on any atom is 0.302 e. The molecule has 1 aliphatic rings. The number of fused-ring (bicyclic) bond motifs is 1. The predicted octanol–water partition coefficient (Wildman–Crippen LogP) is 1.14. The fourth-order valence-electron chi connectivity index (χ4n) is 2.33. The molecular weight excluding hydrogens is 367 g/mol. The minimum absolute atomic E-state index is 0.0254. The first-order valence-corrected chi connectivity index (χ1v) is 8.41. The summed E-state index contributed by atoms with van der Waals surface area (Å²) in [6.07, 6.45) is 1.66. The van der Waals surface area contributed by atoms with E-state index in [1.807, 2.05) is 0 Å². The normalized spacial score (nSPS) is 19.6. The fourth-order valence-corrected chi connectivity index (χ4v) is 3.44. The molecule has 3 heterocycles. The number of rotatable bonds is 3. The van der Waals surface area contributed by atoms with Gasteiger partial charge < -0.3 is 0 Å². The van der Waals surface area contributed by atoms with E-state index in [0.29, 0.717) is 5.65 Å². The molecule has 0 N–H and O–H groups in total. The number of amides is 1. The highest BCUT2D eigenvalue weighted by Crippen LogP contribution is 2.24. The van der Waals surface area contributed by atoms with Gasteiger partial charge in [0.15, 0.2) is 5.65 Å². The van der Waals surface area contributed by atoms with Crippen molar-refractivity contribution < 1.29 is 17.1 Å². The molecule has 0 aromatic carbocycles. The summed E-state index contributed by atoms with van der Waals surface area (Å²) in [7, 11) is -4.60. The zero-order chi connectivity index (χ0) is 15.2. The van der Waals surface area contributed by atoms with Crippen LogP contribution in [-0.2, 0) is 15.0 Å². The Morgan fingerprint density at radius 3 is 2.90 bits per heavy atom. The zero-order valence-electron chi connectivity index (χ0n) is 10.6. The van der Waals surface area contributed by atoms with E-state index in [9.17, 15) is 17.1 Å². The standard InChI is InChI=1S/C11H10BrFN4O3S/c12-8-1-2-9-14-11(15-17(9)5-8)16-4-7(3-10(16)18)6-21(13,19)20/h1-2,5,7H,3-4,6H2. The van der Waals surface area contributed by atoms with E-state index >= 15 is 0 Å². The van der Waals surface area contributed by atoms with Gasteiger partial charge in [-0.05, 0) is 28.1 Å². The quantitative estimate of drug-likeness (QED) is 0.750. The Kier molecular flexibility index (Phi) is 3.44. The lowest BCUT2D eigenvalue weighted by Crippen LogP contribution is -2.26. The van der Waals surface area contributed by atoms with Crippen molar-refractivity contribution >= 4 is 43.7 Å². The largest absolute Gasteiger partial charge is 0.302 e. The molecule has 0 aliphatic carbocycles. The van der Waals surface area contributed by atoms with Crippen molar-refractivity contribution in [2.75, 3.05) is 17.2 Å². The summed E-state index contributed by atoms with van der Waals surface area (Å²) in [6, 6.07) is 3.52. The maximum atomic E-state index is 12.7. The van der Waals surface area contributed by atoms with Crippen LogP contribution in [0.4, 0.5) is 9.83 Å². The van der Waals surface area contributed by atoms with Gasteiger partial charge in [-0.15, -0.1) is 8.98 Å². The van der Waals surface area contributed by atoms with Gasteiger partial charge in [-0.2, -0.15) is 13.4 Å². The molecule has 10 heteroatoms. The van der Waals surface area contributed by atoms with Crippen LogP contribution in [0, 0.1) is 5.92 Å². The molecule has 1 saturated heterocycles. The van der Waals surface area contributed by atoms with Crippen molar-refractivity contribution in [1.29, 1.82) is 0 Å². The van der Waals surface area contributed by atoms with E-state index in [4.69, 9.17) is 0 Å². The summed E-state index contributed by atoms with van der Waals surface area (Å²) < 4.78 is 36.4. The summed E-state index contributed by atoms with van der Waals surface area (Å²) in [5, 5.41) is 4.17. The summed E-state index contributed by atoms with van der Waals surface area (Å²) in [4.78, 5) is 17.4. The number of hydrogen-bond acceptors (Lipinski definition) is 5. The Bertz CT molecular complexity index is 822. The summed E-state index contributed by atoms with van der Waals surface area (Å²) in [6.45, 7) is 0.0973. The van der Waals surface area contributed by atoms with Crippen molar-refractivity contribution in [3.63, 3.8) is 0 Å². The molecule has 112 valence electrons. The molecule has 0 bridgehead atoms. The maximum absolute atomic E-state index is 12.7. The minimum Gasteiger partial charge on any atom is -0.279 e. The second-order valence-corrected chi connectivity index (χ2v) is 7.17. The first-order chi connectivity index (χ1) is 9.82. The molecule has 3 rings (SSSR count). The molecule has 1 unspecified atom stereocenters. The monoisotopic (exact) mass is 376 g/mol. The molecule has 1 amide bonds. The topological polar surface area (TPSA) is 84.6 Å². The van der Waals surface area contributed by atoms with Gasteiger partial charge in [0.2, 0.25) is 5.91 Å². The molecule has 2 aromatic heterocycles. The van der Waals surface area contributed by atoms with E-state index in [2.05, 4.69) is 26.0 Å². The summed E-state index contributed by atoms with van der Waals surface area (Å²) in [5.41, 5.74) is 0.558. The van der Waals surface area contributed by atoms with Crippen LogP contribution in [0.5, 0.6) is 0 Å². The average molecular weight is 377 g/mol. The molecule has 7 nitrogen and oxygen atoms in total. The van der Waals surface area contributed by atoms with Crippen LogP contribution in [-0.4, -0.2) is 41.2 Å². The van der Waals surface area contributed by atoms with Crippen LogP contribution in [0.25, 0.3) is 5.65 Å². The molecule has 2 aromatic rings. The highest BCUT2D eigenvalue weighted by atomic mass is 79.9. The van der Waals surface area contributed by atoms with Gasteiger partial charge in [0, 0.05) is 29.6 Å². The number of hydrogen-bond donors (Lipinski definition) is 0. The lowest BCUT2D eigenvalue weighted by molar-refractivity contribution is -0.117. The van der Waals surface area contributed by atoms with Crippen LogP contribution >= 0.6 is 15.9 Å². The molecule has 1 fully saturated rings. The predicted molar refractivity (Wildman–Crippen MR) is 76.0 cm³/mol. The van der Waals surface area contributed by atoms with Crippen molar-refractivity contribution in [2.24, 2.45) is 5.92 Å². The lowest BCUT2D eigenvalue weighted by Gasteiger charge is -2.10. The van der Waals surface area contributed by atoms with Crippen LogP contribution in [0.2, 0.25) is 0 Å². The van der Waals surface area contributed by atoms with E-state index in [0.717, 1.165) is 4.47 Å². The van der Waals surface area contributed by atoms with Gasteiger partial charge in [0.1, 0.15) is 0 Å². The Balaban J connectivity index is 1.87. The Hall–Kier alpha value is -1.55. The number of carbonyl (C=O) groups is 1. The molecule has 0 spiro atoms. The van der Waals surface area contributed by atoms with Gasteiger partial charge in [0.05, 0.1) is 5.75 Å². The SMILES string of the molecule is O=C1CC(CS(=O)(=O)F)CN1c1nc2ccc(Br)cn2n1. The number of pyridine rings is 1. The van der Waals surface area contributed by atoms with Crippen molar-refractivity contribution in [2.45, 2.75) is 6.42 Å². The molecule has 1 aliphatic heterocycles. The number of anilines is 1. The minimum atomic E-state index is -4.60. The van der Waals surface area contributed by atoms with Crippen LogP contribution < -0.4 is 4.90 Å². The average Bonchev–Trinajstić information content (AvgIpc) is 2.89. The zero-order valence-corrected chi connectivity index (χ0v) is 13.0. The Morgan fingerprint density at radius 2 is 2.19 bits per heavy atom. The lowest BCUT2D eigenvalue weighted by atomic mass is 10.1. The molecule has 0 saturated carbocycles. The van der Waals surface area contributed by atoms with Crippen molar-refractivity contribution in [3.05, 3.63) is 22.8 Å². The number of nitrogens with zero attached hydrogens (tertiary/aromatic N) is 4. The highest BCUT2D eigenvalue weighted by Gasteiger charge is 2.35. The van der Waals surface area contributed by atoms with Gasteiger partial charge >= 0.3 is 10.2 Å². The molecular formula is C11H10BrFN4O3S. The van der Waals surface area contributed by atoms with Crippen LogP contribution in [0.1, 0.15) is 6.42 Å². The number of carbonyl (C=O) groups excluding carboxylic acids is 1. The Morgan fingerprint density at radius 1 is 1.43 bits per heavy atom. The number of aromatic nitrogens is 3. The van der Waals surface area contributed by atoms with Crippen molar-refractivity contribution in [3.8, 4) is 0 Å².